The van der Waals surface area contributed by atoms with Crippen molar-refractivity contribution in [2.45, 2.75) is 0 Å². The van der Waals surface area contributed by atoms with Gasteiger partial charge in [0.25, 0.3) is 0 Å². The predicted molar refractivity (Wildman–Crippen MR) is 45.8 cm³/mol. The molecule has 0 saturated carbocycles. The van der Waals surface area contributed by atoms with Crippen molar-refractivity contribution in [3.8, 4) is 11.3 Å². The molecule has 3 heteroatoms. The monoisotopic (exact) mass is 178 g/mol. The van der Waals surface area contributed by atoms with E-state index >= 15 is 0 Å². The van der Waals surface area contributed by atoms with E-state index < -0.39 is 0 Å². The van der Waals surface area contributed by atoms with Crippen molar-refractivity contribution in [2.24, 2.45) is 0 Å². The Morgan fingerprint density at radius 1 is 1.33 bits per heavy atom. The van der Waals surface area contributed by atoms with Crippen LogP contribution in [0.1, 0.15) is 0 Å². The van der Waals surface area contributed by atoms with Crippen LogP contribution in [-0.4, -0.2) is 5.16 Å². The average molecular weight is 179 g/mol. The van der Waals surface area contributed by atoms with Crippen molar-refractivity contribution in [3.05, 3.63) is 41.6 Å². The Bertz CT molecular complexity index is 370. The lowest BCUT2D eigenvalue weighted by Crippen LogP contribution is -1.76. The standard InChI is InChI=1S/C9H5ClNO/c10-8-4-2-1-3-7(8)9-5-6-12-11-9/h1-5H. The van der Waals surface area contributed by atoms with E-state index in [1.165, 1.54) is 0 Å². The van der Waals surface area contributed by atoms with Crippen molar-refractivity contribution >= 4 is 11.6 Å². The summed E-state index contributed by atoms with van der Waals surface area (Å²) in [6.07, 6.45) is 2.51. The highest BCUT2D eigenvalue weighted by Gasteiger charge is 2.04. The second-order valence-electron chi connectivity index (χ2n) is 2.31. The molecule has 2 rings (SSSR count). The highest BCUT2D eigenvalue weighted by molar-refractivity contribution is 6.33. The number of aromatic nitrogens is 1. The zero-order valence-electron chi connectivity index (χ0n) is 6.12. The molecule has 0 aliphatic heterocycles. The number of hydrogen-bond donors (Lipinski definition) is 0. The van der Waals surface area contributed by atoms with E-state index in [4.69, 9.17) is 11.6 Å². The summed E-state index contributed by atoms with van der Waals surface area (Å²) in [6, 6.07) is 9.12. The molecule has 1 aromatic carbocycles. The Morgan fingerprint density at radius 3 is 2.83 bits per heavy atom. The predicted octanol–water partition coefficient (Wildman–Crippen LogP) is 2.80. The molecule has 0 saturated heterocycles. The summed E-state index contributed by atoms with van der Waals surface area (Å²) in [7, 11) is 0. The van der Waals surface area contributed by atoms with Gasteiger partial charge in [-0.05, 0) is 6.07 Å². The molecule has 0 spiro atoms. The largest absolute Gasteiger partial charge is 0.352 e. The second-order valence-corrected chi connectivity index (χ2v) is 2.72. The van der Waals surface area contributed by atoms with Crippen LogP contribution in [0.2, 0.25) is 5.02 Å². The van der Waals surface area contributed by atoms with Crippen LogP contribution in [0.4, 0.5) is 0 Å². The van der Waals surface area contributed by atoms with E-state index in [9.17, 15) is 0 Å². The molecule has 0 amide bonds. The minimum absolute atomic E-state index is 0.666. The Hall–Kier alpha value is -1.28. The molecule has 12 heavy (non-hydrogen) atoms. The first-order valence-electron chi connectivity index (χ1n) is 3.45. The topological polar surface area (TPSA) is 26.0 Å². The first-order valence-corrected chi connectivity index (χ1v) is 3.83. The number of rotatable bonds is 1. The number of nitrogens with zero attached hydrogens (tertiary/aromatic N) is 1. The average Bonchev–Trinajstić information content (AvgIpc) is 2.57. The zero-order chi connectivity index (χ0) is 8.39. The minimum Gasteiger partial charge on any atom is -0.352 e. The van der Waals surface area contributed by atoms with Gasteiger partial charge in [0.05, 0.1) is 5.02 Å². The van der Waals surface area contributed by atoms with E-state index in [0.29, 0.717) is 10.7 Å². The first kappa shape index (κ1) is 7.37. The summed E-state index contributed by atoms with van der Waals surface area (Å²) in [6.45, 7) is 0. The van der Waals surface area contributed by atoms with Crippen molar-refractivity contribution in [1.82, 2.24) is 5.16 Å². The van der Waals surface area contributed by atoms with Gasteiger partial charge in [0.1, 0.15) is 5.69 Å². The van der Waals surface area contributed by atoms with Crippen molar-refractivity contribution in [3.63, 3.8) is 0 Å². The number of hydrogen-bond acceptors (Lipinski definition) is 2. The fourth-order valence-corrected chi connectivity index (χ4v) is 1.21. The molecule has 0 unspecified atom stereocenters. The van der Waals surface area contributed by atoms with Gasteiger partial charge in [0, 0.05) is 11.6 Å². The molecule has 2 aromatic rings. The first-order chi connectivity index (χ1) is 5.88. The van der Waals surface area contributed by atoms with E-state index in [2.05, 4.69) is 15.9 Å². The molecule has 0 fully saturated rings. The number of halogens is 1. The summed E-state index contributed by atoms with van der Waals surface area (Å²) >= 11 is 5.92. The van der Waals surface area contributed by atoms with Crippen LogP contribution in [0.25, 0.3) is 11.3 Å². The van der Waals surface area contributed by atoms with Gasteiger partial charge in [-0.2, -0.15) is 0 Å². The van der Waals surface area contributed by atoms with Crippen LogP contribution in [0.3, 0.4) is 0 Å². The Kier molecular flexibility index (Phi) is 1.84. The highest BCUT2D eigenvalue weighted by atomic mass is 35.5. The SMILES string of the molecule is Clc1ccccc1-c1c[c]on1. The summed E-state index contributed by atoms with van der Waals surface area (Å²) in [5, 5.41) is 4.40. The molecular formula is C9H5ClNO. The molecule has 1 aromatic heterocycles. The lowest BCUT2D eigenvalue weighted by atomic mass is 10.2. The summed E-state index contributed by atoms with van der Waals surface area (Å²) in [5.74, 6) is 0. The third-order valence-corrected chi connectivity index (χ3v) is 1.87. The molecule has 1 radical (unpaired) electrons. The van der Waals surface area contributed by atoms with Crippen LogP contribution in [0.15, 0.2) is 34.9 Å². The van der Waals surface area contributed by atoms with Gasteiger partial charge in [0.2, 0.25) is 6.26 Å². The van der Waals surface area contributed by atoms with Gasteiger partial charge in [0.15, 0.2) is 0 Å². The maximum Gasteiger partial charge on any atom is 0.205 e. The maximum atomic E-state index is 5.92. The molecule has 1 heterocycles. The zero-order valence-corrected chi connectivity index (χ0v) is 6.88. The lowest BCUT2D eigenvalue weighted by Gasteiger charge is -1.96. The normalized spacial score (nSPS) is 10.1. The fourth-order valence-electron chi connectivity index (χ4n) is 0.980. The van der Waals surface area contributed by atoms with Crippen LogP contribution in [-0.2, 0) is 0 Å². The fraction of sp³-hybridized carbons (Fsp3) is 0. The number of benzene rings is 1. The smallest absolute Gasteiger partial charge is 0.205 e. The van der Waals surface area contributed by atoms with Crippen LogP contribution < -0.4 is 0 Å². The van der Waals surface area contributed by atoms with E-state index in [1.54, 1.807) is 6.07 Å². The van der Waals surface area contributed by atoms with Crippen LogP contribution >= 0.6 is 11.6 Å². The van der Waals surface area contributed by atoms with Crippen LogP contribution in [0.5, 0.6) is 0 Å². The Labute approximate surface area is 74.8 Å². The summed E-state index contributed by atoms with van der Waals surface area (Å²) in [4.78, 5) is 0. The van der Waals surface area contributed by atoms with Gasteiger partial charge >= 0.3 is 0 Å². The van der Waals surface area contributed by atoms with Crippen molar-refractivity contribution < 1.29 is 4.52 Å². The molecule has 2 nitrogen and oxygen atoms in total. The Balaban J connectivity index is 2.55. The van der Waals surface area contributed by atoms with Gasteiger partial charge in [-0.3, -0.25) is 0 Å². The Morgan fingerprint density at radius 2 is 2.17 bits per heavy atom. The van der Waals surface area contributed by atoms with Crippen molar-refractivity contribution in [1.29, 1.82) is 0 Å². The van der Waals surface area contributed by atoms with E-state index in [0.717, 1.165) is 5.56 Å². The molecule has 0 aliphatic carbocycles. The van der Waals surface area contributed by atoms with Crippen LogP contribution in [0, 0.1) is 6.26 Å². The minimum atomic E-state index is 0.666. The molecule has 59 valence electrons. The van der Waals surface area contributed by atoms with Gasteiger partial charge in [-0.15, -0.1) is 0 Å². The van der Waals surface area contributed by atoms with E-state index in [1.807, 2.05) is 24.3 Å². The summed E-state index contributed by atoms with van der Waals surface area (Å²) in [5.41, 5.74) is 1.57. The second kappa shape index (κ2) is 2.99. The van der Waals surface area contributed by atoms with Gasteiger partial charge in [-0.1, -0.05) is 35.0 Å². The third-order valence-electron chi connectivity index (χ3n) is 1.54. The highest BCUT2D eigenvalue weighted by Crippen LogP contribution is 2.25. The molecular weight excluding hydrogens is 174 g/mol. The quantitative estimate of drug-likeness (QED) is 0.671. The molecule has 0 aliphatic rings. The molecule has 0 N–H and O–H groups in total. The van der Waals surface area contributed by atoms with Gasteiger partial charge in [-0.25, -0.2) is 0 Å². The van der Waals surface area contributed by atoms with Crippen molar-refractivity contribution in [2.75, 3.05) is 0 Å². The molecule has 0 bridgehead atoms. The summed E-state index contributed by atoms with van der Waals surface area (Å²) < 4.78 is 4.59. The molecule has 0 atom stereocenters. The van der Waals surface area contributed by atoms with E-state index in [-0.39, 0.29) is 0 Å². The van der Waals surface area contributed by atoms with Gasteiger partial charge < -0.3 is 4.52 Å². The maximum absolute atomic E-state index is 5.92. The third kappa shape index (κ3) is 1.21. The lowest BCUT2D eigenvalue weighted by molar-refractivity contribution is 0.415.